The van der Waals surface area contributed by atoms with Gasteiger partial charge in [-0.25, -0.2) is 9.37 Å². The van der Waals surface area contributed by atoms with Gasteiger partial charge in [-0.2, -0.15) is 0 Å². The third-order valence-electron chi connectivity index (χ3n) is 4.24. The average Bonchev–Trinajstić information content (AvgIpc) is 3.27. The Kier molecular flexibility index (Phi) is 4.77. The van der Waals surface area contributed by atoms with Crippen molar-refractivity contribution in [2.75, 3.05) is 6.79 Å². The van der Waals surface area contributed by atoms with Crippen molar-refractivity contribution in [3.8, 4) is 22.1 Å². The second-order valence-electron chi connectivity index (χ2n) is 6.15. The van der Waals surface area contributed by atoms with Crippen LogP contribution < -0.4 is 14.8 Å². The molecule has 1 aliphatic heterocycles. The highest BCUT2D eigenvalue weighted by atomic mass is 32.1. The first-order valence-corrected chi connectivity index (χ1v) is 9.28. The molecular weight excluding hydrogens is 367 g/mol. The Balaban J connectivity index is 1.40. The summed E-state index contributed by atoms with van der Waals surface area (Å²) in [6.07, 6.45) is 0.211. The molecule has 1 N–H and O–H groups in total. The minimum Gasteiger partial charge on any atom is -0.454 e. The zero-order valence-corrected chi connectivity index (χ0v) is 15.4. The molecule has 2 heterocycles. The minimum atomic E-state index is -0.315. The number of fused-ring (bicyclic) bond motifs is 1. The molecule has 1 aliphatic rings. The van der Waals surface area contributed by atoms with Gasteiger partial charge in [0, 0.05) is 17.0 Å². The summed E-state index contributed by atoms with van der Waals surface area (Å²) in [6, 6.07) is 12.1. The highest BCUT2D eigenvalue weighted by molar-refractivity contribution is 7.15. The van der Waals surface area contributed by atoms with Gasteiger partial charge in [-0.1, -0.05) is 18.2 Å². The Morgan fingerprint density at radius 2 is 2.04 bits per heavy atom. The smallest absolute Gasteiger partial charge is 0.231 e. The van der Waals surface area contributed by atoms with E-state index in [9.17, 15) is 9.18 Å². The number of carbonyl (C=O) groups excluding carboxylic acids is 1. The number of carbonyl (C=O) groups is 1. The van der Waals surface area contributed by atoms with Crippen molar-refractivity contribution in [1.29, 1.82) is 0 Å². The Labute approximate surface area is 159 Å². The maximum absolute atomic E-state index is 14.0. The second kappa shape index (κ2) is 7.36. The molecule has 1 aromatic heterocycles. The van der Waals surface area contributed by atoms with Gasteiger partial charge in [-0.15, -0.1) is 11.3 Å². The normalized spacial score (nSPS) is 12.2. The highest BCUT2D eigenvalue weighted by Crippen LogP contribution is 2.32. The van der Waals surface area contributed by atoms with E-state index in [0.29, 0.717) is 28.6 Å². The molecule has 0 aliphatic carbocycles. The largest absolute Gasteiger partial charge is 0.454 e. The third kappa shape index (κ3) is 3.78. The summed E-state index contributed by atoms with van der Waals surface area (Å²) in [5.74, 6) is 0.977. The van der Waals surface area contributed by atoms with Gasteiger partial charge in [0.15, 0.2) is 11.5 Å². The van der Waals surface area contributed by atoms with E-state index in [0.717, 1.165) is 16.1 Å². The summed E-state index contributed by atoms with van der Waals surface area (Å²) < 4.78 is 24.6. The van der Waals surface area contributed by atoms with Crippen molar-refractivity contribution in [3.05, 3.63) is 64.4 Å². The Hall–Kier alpha value is -2.93. The van der Waals surface area contributed by atoms with Crippen LogP contribution in [-0.4, -0.2) is 17.7 Å². The summed E-state index contributed by atoms with van der Waals surface area (Å²) in [4.78, 5) is 17.6. The van der Waals surface area contributed by atoms with Crippen molar-refractivity contribution in [2.45, 2.75) is 19.9 Å². The second-order valence-corrected chi connectivity index (χ2v) is 7.23. The molecule has 27 heavy (non-hydrogen) atoms. The summed E-state index contributed by atoms with van der Waals surface area (Å²) in [6.45, 7) is 2.45. The van der Waals surface area contributed by atoms with Crippen LogP contribution in [0.2, 0.25) is 0 Å². The molecule has 4 rings (SSSR count). The first-order chi connectivity index (χ1) is 13.1. The van der Waals surface area contributed by atoms with Gasteiger partial charge in [-0.3, -0.25) is 4.79 Å². The van der Waals surface area contributed by atoms with Crippen LogP contribution in [0, 0.1) is 12.7 Å². The van der Waals surface area contributed by atoms with E-state index in [2.05, 4.69) is 10.3 Å². The Morgan fingerprint density at radius 3 is 2.89 bits per heavy atom. The van der Waals surface area contributed by atoms with Crippen molar-refractivity contribution in [3.63, 3.8) is 0 Å². The van der Waals surface area contributed by atoms with Gasteiger partial charge < -0.3 is 14.8 Å². The number of nitrogens with one attached hydrogen (secondary N) is 1. The number of aromatic nitrogens is 1. The molecule has 0 saturated heterocycles. The monoisotopic (exact) mass is 384 g/mol. The maximum atomic E-state index is 14.0. The number of hydrogen-bond acceptors (Lipinski definition) is 5. The number of ether oxygens (including phenoxy) is 2. The summed E-state index contributed by atoms with van der Waals surface area (Å²) in [7, 11) is 0. The lowest BCUT2D eigenvalue weighted by molar-refractivity contribution is -0.120. The van der Waals surface area contributed by atoms with E-state index in [1.165, 1.54) is 17.4 Å². The molecule has 1 amide bonds. The number of thiazole rings is 1. The summed E-state index contributed by atoms with van der Waals surface area (Å²) in [5.41, 5.74) is 2.13. The average molecular weight is 384 g/mol. The van der Waals surface area contributed by atoms with Crippen LogP contribution in [0.15, 0.2) is 42.5 Å². The molecule has 5 nitrogen and oxygen atoms in total. The number of aryl methyl sites for hydroxylation is 1. The van der Waals surface area contributed by atoms with Gasteiger partial charge in [0.25, 0.3) is 0 Å². The first-order valence-electron chi connectivity index (χ1n) is 8.46. The van der Waals surface area contributed by atoms with Crippen LogP contribution in [0.5, 0.6) is 11.5 Å². The van der Waals surface area contributed by atoms with E-state index >= 15 is 0 Å². The molecule has 3 aromatic rings. The summed E-state index contributed by atoms with van der Waals surface area (Å²) in [5, 5.41) is 3.48. The minimum absolute atomic E-state index is 0.112. The number of rotatable bonds is 5. The highest BCUT2D eigenvalue weighted by Gasteiger charge is 2.16. The fourth-order valence-corrected chi connectivity index (χ4v) is 3.89. The number of benzene rings is 2. The maximum Gasteiger partial charge on any atom is 0.231 e. The zero-order valence-electron chi connectivity index (χ0n) is 14.6. The molecule has 0 atom stereocenters. The fourth-order valence-electron chi connectivity index (χ4n) is 2.80. The molecule has 7 heteroatoms. The van der Waals surface area contributed by atoms with Crippen LogP contribution in [0.4, 0.5) is 4.39 Å². The van der Waals surface area contributed by atoms with E-state index < -0.39 is 0 Å². The predicted molar refractivity (Wildman–Crippen MR) is 100 cm³/mol. The van der Waals surface area contributed by atoms with Crippen LogP contribution >= 0.6 is 11.3 Å². The molecule has 138 valence electrons. The lowest BCUT2D eigenvalue weighted by Gasteiger charge is -2.06. The Morgan fingerprint density at radius 1 is 1.22 bits per heavy atom. The van der Waals surface area contributed by atoms with Crippen LogP contribution in [-0.2, 0) is 17.8 Å². The van der Waals surface area contributed by atoms with Crippen molar-refractivity contribution >= 4 is 17.2 Å². The summed E-state index contributed by atoms with van der Waals surface area (Å²) >= 11 is 1.34. The topological polar surface area (TPSA) is 60.5 Å². The lowest BCUT2D eigenvalue weighted by Crippen LogP contribution is -2.24. The molecule has 2 aromatic carbocycles. The van der Waals surface area contributed by atoms with Gasteiger partial charge >= 0.3 is 0 Å². The van der Waals surface area contributed by atoms with Crippen LogP contribution in [0.25, 0.3) is 10.6 Å². The quantitative estimate of drug-likeness (QED) is 0.726. The fraction of sp³-hybridized carbons (Fsp3) is 0.200. The molecule has 0 unspecified atom stereocenters. The standard InChI is InChI=1S/C20H17FN2O3S/c1-12-18(27-20(23-12)14-4-2-3-5-15(14)21)9-19(24)22-10-13-6-7-16-17(8-13)26-11-25-16/h2-8H,9-11H2,1H3,(H,22,24). The third-order valence-corrected chi connectivity index (χ3v) is 5.44. The van der Waals surface area contributed by atoms with Crippen molar-refractivity contribution in [2.24, 2.45) is 0 Å². The van der Waals surface area contributed by atoms with Gasteiger partial charge in [0.1, 0.15) is 10.8 Å². The van der Waals surface area contributed by atoms with Gasteiger partial charge in [0.05, 0.1) is 12.1 Å². The zero-order chi connectivity index (χ0) is 18.8. The van der Waals surface area contributed by atoms with Gasteiger partial charge in [0.2, 0.25) is 12.7 Å². The first kappa shape index (κ1) is 17.5. The lowest BCUT2D eigenvalue weighted by atomic mass is 10.2. The van der Waals surface area contributed by atoms with Gasteiger partial charge in [-0.05, 0) is 36.8 Å². The van der Waals surface area contributed by atoms with E-state index in [4.69, 9.17) is 9.47 Å². The molecule has 0 saturated carbocycles. The number of halogens is 1. The number of hydrogen-bond donors (Lipinski definition) is 1. The van der Waals surface area contributed by atoms with E-state index in [1.807, 2.05) is 25.1 Å². The van der Waals surface area contributed by atoms with Crippen LogP contribution in [0.3, 0.4) is 0 Å². The SMILES string of the molecule is Cc1nc(-c2ccccc2F)sc1CC(=O)NCc1ccc2c(c1)OCO2. The van der Waals surface area contributed by atoms with E-state index in [1.54, 1.807) is 18.2 Å². The number of amides is 1. The molecule has 0 radical (unpaired) electrons. The molecule has 0 fully saturated rings. The molecular formula is C20H17FN2O3S. The molecule has 0 bridgehead atoms. The predicted octanol–water partition coefficient (Wildman–Crippen LogP) is 3.85. The molecule has 0 spiro atoms. The van der Waals surface area contributed by atoms with Crippen molar-refractivity contribution in [1.82, 2.24) is 10.3 Å². The van der Waals surface area contributed by atoms with Crippen molar-refractivity contribution < 1.29 is 18.7 Å². The van der Waals surface area contributed by atoms with Crippen LogP contribution in [0.1, 0.15) is 16.1 Å². The van der Waals surface area contributed by atoms with E-state index in [-0.39, 0.29) is 24.9 Å². The Bertz CT molecular complexity index is 1000. The number of nitrogens with zero attached hydrogens (tertiary/aromatic N) is 1.